The van der Waals surface area contributed by atoms with E-state index in [0.29, 0.717) is 12.1 Å². The molecule has 0 aliphatic heterocycles. The number of nitrogens with one attached hydrogen (secondary N) is 1. The molecule has 2 unspecified atom stereocenters. The predicted molar refractivity (Wildman–Crippen MR) is 80.8 cm³/mol. The lowest BCUT2D eigenvalue weighted by molar-refractivity contribution is -0.0549. The highest BCUT2D eigenvalue weighted by molar-refractivity contribution is 5.36. The zero-order chi connectivity index (χ0) is 14.0. The van der Waals surface area contributed by atoms with Crippen molar-refractivity contribution in [3.8, 4) is 5.75 Å². The topological polar surface area (TPSA) is 21.3 Å². The van der Waals surface area contributed by atoms with Gasteiger partial charge in [0, 0.05) is 17.9 Å². The van der Waals surface area contributed by atoms with Crippen molar-refractivity contribution < 1.29 is 4.74 Å². The van der Waals surface area contributed by atoms with Crippen LogP contribution in [0.15, 0.2) is 18.2 Å². The normalized spacial score (nSPS) is 24.9. The second-order valence-electron chi connectivity index (χ2n) is 6.44. The van der Waals surface area contributed by atoms with Gasteiger partial charge in [0.05, 0.1) is 0 Å². The zero-order valence-electron chi connectivity index (χ0n) is 12.9. The third-order valence-electron chi connectivity index (χ3n) is 4.43. The van der Waals surface area contributed by atoms with Crippen LogP contribution < -0.4 is 10.1 Å². The summed E-state index contributed by atoms with van der Waals surface area (Å²) >= 11 is 0. The second-order valence-corrected chi connectivity index (χ2v) is 6.44. The Bertz CT molecular complexity index is 439. The minimum atomic E-state index is 0.214. The molecule has 0 aromatic heterocycles. The van der Waals surface area contributed by atoms with Gasteiger partial charge < -0.3 is 10.1 Å². The van der Waals surface area contributed by atoms with E-state index in [1.807, 2.05) is 0 Å². The number of rotatable bonds is 5. The van der Waals surface area contributed by atoms with E-state index in [-0.39, 0.29) is 5.41 Å². The minimum absolute atomic E-state index is 0.214. The monoisotopic (exact) mass is 261 g/mol. The average Bonchev–Trinajstić information content (AvgIpc) is 2.36. The fourth-order valence-electron chi connectivity index (χ4n) is 2.74. The summed E-state index contributed by atoms with van der Waals surface area (Å²) in [6.07, 6.45) is 2.62. The van der Waals surface area contributed by atoms with Gasteiger partial charge in [0.25, 0.3) is 0 Å². The molecule has 0 amide bonds. The summed E-state index contributed by atoms with van der Waals surface area (Å²) in [5, 5.41) is 3.62. The van der Waals surface area contributed by atoms with Crippen LogP contribution in [0.2, 0.25) is 0 Å². The van der Waals surface area contributed by atoms with E-state index in [2.05, 4.69) is 58.1 Å². The van der Waals surface area contributed by atoms with Crippen molar-refractivity contribution >= 4 is 0 Å². The minimum Gasteiger partial charge on any atom is -0.489 e. The second kappa shape index (κ2) is 5.54. The summed E-state index contributed by atoms with van der Waals surface area (Å²) in [7, 11) is 0. The zero-order valence-corrected chi connectivity index (χ0v) is 12.9. The van der Waals surface area contributed by atoms with Gasteiger partial charge in [0.2, 0.25) is 0 Å². The van der Waals surface area contributed by atoms with E-state index in [1.165, 1.54) is 17.5 Å². The first kappa shape index (κ1) is 14.4. The van der Waals surface area contributed by atoms with E-state index in [0.717, 1.165) is 18.7 Å². The van der Waals surface area contributed by atoms with Crippen LogP contribution in [0.4, 0.5) is 0 Å². The molecule has 1 N–H and O–H groups in total. The molecule has 2 atom stereocenters. The summed E-state index contributed by atoms with van der Waals surface area (Å²) in [4.78, 5) is 0. The Kier molecular flexibility index (Phi) is 4.19. The van der Waals surface area contributed by atoms with Gasteiger partial charge in [-0.15, -0.1) is 0 Å². The van der Waals surface area contributed by atoms with Crippen LogP contribution in [0.3, 0.4) is 0 Å². The molecule has 1 aliphatic rings. The Morgan fingerprint density at radius 3 is 2.68 bits per heavy atom. The predicted octanol–water partition coefficient (Wildman–Crippen LogP) is 3.85. The van der Waals surface area contributed by atoms with Crippen LogP contribution in [0.1, 0.15) is 44.7 Å². The molecule has 1 fully saturated rings. The van der Waals surface area contributed by atoms with Gasteiger partial charge >= 0.3 is 0 Å². The summed E-state index contributed by atoms with van der Waals surface area (Å²) in [5.74, 6) is 1.05. The highest BCUT2D eigenvalue weighted by atomic mass is 16.5. The molecule has 2 nitrogen and oxygen atoms in total. The molecule has 106 valence electrons. The molecule has 1 aromatic rings. The Labute approximate surface area is 117 Å². The third-order valence-corrected chi connectivity index (χ3v) is 4.43. The van der Waals surface area contributed by atoms with Crippen molar-refractivity contribution in [2.45, 2.75) is 59.6 Å². The van der Waals surface area contributed by atoms with Gasteiger partial charge in [0.1, 0.15) is 11.9 Å². The SMILES string of the molecule is CCCNC1CC(Oc2cc(C)ccc2C)C1(C)C. The molecular weight excluding hydrogens is 234 g/mol. The average molecular weight is 261 g/mol. The number of hydrogen-bond acceptors (Lipinski definition) is 2. The van der Waals surface area contributed by atoms with Crippen LogP contribution >= 0.6 is 0 Å². The highest BCUT2D eigenvalue weighted by Crippen LogP contribution is 2.43. The Hall–Kier alpha value is -1.02. The molecule has 0 spiro atoms. The van der Waals surface area contributed by atoms with Gasteiger partial charge in [-0.25, -0.2) is 0 Å². The molecule has 0 heterocycles. The largest absolute Gasteiger partial charge is 0.489 e. The van der Waals surface area contributed by atoms with E-state index in [4.69, 9.17) is 4.74 Å². The number of hydrogen-bond donors (Lipinski definition) is 1. The number of aryl methyl sites for hydroxylation is 2. The lowest BCUT2D eigenvalue weighted by Gasteiger charge is -2.52. The van der Waals surface area contributed by atoms with Crippen molar-refractivity contribution in [2.24, 2.45) is 5.41 Å². The van der Waals surface area contributed by atoms with Crippen LogP contribution in [0, 0.1) is 19.3 Å². The third kappa shape index (κ3) is 2.94. The smallest absolute Gasteiger partial charge is 0.122 e. The lowest BCUT2D eigenvalue weighted by atomic mass is 9.64. The maximum absolute atomic E-state index is 6.25. The molecule has 0 bridgehead atoms. The maximum Gasteiger partial charge on any atom is 0.122 e. The first-order valence-corrected chi connectivity index (χ1v) is 7.42. The molecule has 1 aromatic carbocycles. The van der Waals surface area contributed by atoms with E-state index < -0.39 is 0 Å². The van der Waals surface area contributed by atoms with Crippen molar-refractivity contribution in [2.75, 3.05) is 6.54 Å². The van der Waals surface area contributed by atoms with Crippen molar-refractivity contribution in [1.82, 2.24) is 5.32 Å². The fourth-order valence-corrected chi connectivity index (χ4v) is 2.74. The fraction of sp³-hybridized carbons (Fsp3) is 0.647. The van der Waals surface area contributed by atoms with Gasteiger partial charge in [-0.2, -0.15) is 0 Å². The van der Waals surface area contributed by atoms with Gasteiger partial charge in [-0.1, -0.05) is 32.9 Å². The van der Waals surface area contributed by atoms with Gasteiger partial charge in [0.15, 0.2) is 0 Å². The number of benzene rings is 1. The van der Waals surface area contributed by atoms with Crippen LogP contribution in [0.25, 0.3) is 0 Å². The van der Waals surface area contributed by atoms with E-state index >= 15 is 0 Å². The van der Waals surface area contributed by atoms with E-state index in [9.17, 15) is 0 Å². The first-order chi connectivity index (χ1) is 8.95. The molecule has 0 saturated heterocycles. The van der Waals surface area contributed by atoms with Crippen molar-refractivity contribution in [3.63, 3.8) is 0 Å². The molecular formula is C17H27NO. The Morgan fingerprint density at radius 1 is 1.32 bits per heavy atom. The van der Waals surface area contributed by atoms with Crippen LogP contribution in [-0.2, 0) is 0 Å². The summed E-state index contributed by atoms with van der Waals surface area (Å²) < 4.78 is 6.25. The Balaban J connectivity index is 2.00. The van der Waals surface area contributed by atoms with Gasteiger partial charge in [-0.3, -0.25) is 0 Å². The standard InChI is InChI=1S/C17H27NO/c1-6-9-18-15-11-16(17(15,4)5)19-14-10-12(2)7-8-13(14)3/h7-8,10,15-16,18H,6,9,11H2,1-5H3. The maximum atomic E-state index is 6.25. The summed E-state index contributed by atoms with van der Waals surface area (Å²) in [5.41, 5.74) is 2.70. The van der Waals surface area contributed by atoms with Crippen molar-refractivity contribution in [1.29, 1.82) is 0 Å². The molecule has 2 rings (SSSR count). The van der Waals surface area contributed by atoms with Crippen LogP contribution in [0.5, 0.6) is 5.75 Å². The summed E-state index contributed by atoms with van der Waals surface area (Å²) in [6, 6.07) is 7.02. The van der Waals surface area contributed by atoms with E-state index in [1.54, 1.807) is 0 Å². The Morgan fingerprint density at radius 2 is 2.05 bits per heavy atom. The van der Waals surface area contributed by atoms with Gasteiger partial charge in [-0.05, 0) is 44.0 Å². The van der Waals surface area contributed by atoms with Crippen LogP contribution in [-0.4, -0.2) is 18.7 Å². The summed E-state index contributed by atoms with van der Waals surface area (Å²) in [6.45, 7) is 12.2. The first-order valence-electron chi connectivity index (χ1n) is 7.42. The lowest BCUT2D eigenvalue weighted by Crippen LogP contribution is -2.62. The molecule has 0 radical (unpaired) electrons. The van der Waals surface area contributed by atoms with Crippen molar-refractivity contribution in [3.05, 3.63) is 29.3 Å². The molecule has 1 aliphatic carbocycles. The number of ether oxygens (including phenoxy) is 1. The highest BCUT2D eigenvalue weighted by Gasteiger charge is 2.49. The molecule has 1 saturated carbocycles. The molecule has 19 heavy (non-hydrogen) atoms. The molecule has 2 heteroatoms. The quantitative estimate of drug-likeness (QED) is 0.869.